The van der Waals surface area contributed by atoms with Gasteiger partial charge in [-0.25, -0.2) is 13.8 Å². The van der Waals surface area contributed by atoms with Crippen molar-refractivity contribution < 1.29 is 13.2 Å². The number of amides is 1. The van der Waals surface area contributed by atoms with Crippen molar-refractivity contribution in [1.29, 1.82) is 0 Å². The van der Waals surface area contributed by atoms with Gasteiger partial charge in [0.15, 0.2) is 0 Å². The Labute approximate surface area is 213 Å². The Bertz CT molecular complexity index is 1320. The van der Waals surface area contributed by atoms with E-state index in [9.17, 15) is 13.2 Å². The summed E-state index contributed by atoms with van der Waals surface area (Å²) in [5, 5.41) is 4.38. The van der Waals surface area contributed by atoms with E-state index >= 15 is 0 Å². The molecular formula is C24H24BrClN4O3S. The summed E-state index contributed by atoms with van der Waals surface area (Å²) >= 11 is 9.74. The largest absolute Gasteiger partial charge is 0.377 e. The van der Waals surface area contributed by atoms with Crippen LogP contribution < -0.4 is 14.6 Å². The minimum absolute atomic E-state index is 0.0637. The lowest BCUT2D eigenvalue weighted by molar-refractivity contribution is -0.119. The predicted molar refractivity (Wildman–Crippen MR) is 141 cm³/mol. The lowest BCUT2D eigenvalue weighted by Gasteiger charge is -2.24. The lowest BCUT2D eigenvalue weighted by Crippen LogP contribution is -2.39. The van der Waals surface area contributed by atoms with Gasteiger partial charge in [0, 0.05) is 23.6 Å². The number of nitrogens with zero attached hydrogens (tertiary/aromatic N) is 3. The molecule has 0 saturated carbocycles. The summed E-state index contributed by atoms with van der Waals surface area (Å²) in [5.41, 5.74) is 5.24. The molecule has 0 atom stereocenters. The van der Waals surface area contributed by atoms with Gasteiger partial charge in [0.2, 0.25) is 0 Å². The molecule has 0 aromatic heterocycles. The van der Waals surface area contributed by atoms with Crippen LogP contribution >= 0.6 is 27.5 Å². The second-order valence-corrected chi connectivity index (χ2v) is 10.8. The first-order valence-corrected chi connectivity index (χ1v) is 12.8. The van der Waals surface area contributed by atoms with Crippen molar-refractivity contribution in [2.75, 3.05) is 29.8 Å². The van der Waals surface area contributed by atoms with Crippen LogP contribution in [0.1, 0.15) is 11.1 Å². The molecule has 3 rings (SSSR count). The highest BCUT2D eigenvalue weighted by molar-refractivity contribution is 9.10. The molecule has 0 radical (unpaired) electrons. The number of hydrogen-bond donors (Lipinski definition) is 1. The van der Waals surface area contributed by atoms with Crippen molar-refractivity contribution in [2.24, 2.45) is 5.10 Å². The van der Waals surface area contributed by atoms with Gasteiger partial charge in [-0.2, -0.15) is 5.10 Å². The van der Waals surface area contributed by atoms with Crippen LogP contribution in [0, 0.1) is 6.92 Å². The first-order valence-electron chi connectivity index (χ1n) is 10.2. The number of carbonyl (C=O) groups excluding carboxylic acids is 1. The van der Waals surface area contributed by atoms with Crippen LogP contribution in [-0.4, -0.2) is 41.2 Å². The molecule has 0 unspecified atom stereocenters. The average Bonchev–Trinajstić information content (AvgIpc) is 2.79. The van der Waals surface area contributed by atoms with E-state index in [0.29, 0.717) is 5.02 Å². The van der Waals surface area contributed by atoms with Crippen molar-refractivity contribution in [1.82, 2.24) is 5.43 Å². The minimum atomic E-state index is -4.02. The van der Waals surface area contributed by atoms with Gasteiger partial charge in [0.25, 0.3) is 15.9 Å². The van der Waals surface area contributed by atoms with Crippen LogP contribution in [0.3, 0.4) is 0 Å². The molecule has 1 N–H and O–H groups in total. The fourth-order valence-corrected chi connectivity index (χ4v) is 5.44. The monoisotopic (exact) mass is 562 g/mol. The summed E-state index contributed by atoms with van der Waals surface area (Å²) in [6, 6.07) is 18.4. The normalized spacial score (nSPS) is 11.4. The van der Waals surface area contributed by atoms with E-state index in [4.69, 9.17) is 11.6 Å². The molecule has 0 saturated heterocycles. The van der Waals surface area contributed by atoms with Gasteiger partial charge in [-0.05, 0) is 70.4 Å². The third-order valence-electron chi connectivity index (χ3n) is 4.92. The number of rotatable bonds is 8. The van der Waals surface area contributed by atoms with Crippen molar-refractivity contribution in [3.8, 4) is 0 Å². The number of sulfonamides is 1. The Hall–Kier alpha value is -2.88. The van der Waals surface area contributed by atoms with Gasteiger partial charge in [-0.1, -0.05) is 41.9 Å². The predicted octanol–water partition coefficient (Wildman–Crippen LogP) is 4.82. The number of benzene rings is 3. The second-order valence-electron chi connectivity index (χ2n) is 7.66. The lowest BCUT2D eigenvalue weighted by atomic mass is 10.2. The van der Waals surface area contributed by atoms with E-state index in [2.05, 4.69) is 26.5 Å². The molecule has 7 nitrogen and oxygen atoms in total. The first kappa shape index (κ1) is 25.7. The van der Waals surface area contributed by atoms with Crippen LogP contribution in [-0.2, 0) is 14.8 Å². The highest BCUT2D eigenvalue weighted by Crippen LogP contribution is 2.28. The molecule has 178 valence electrons. The fourth-order valence-electron chi connectivity index (χ4n) is 3.08. The smallest absolute Gasteiger partial charge is 0.264 e. The van der Waals surface area contributed by atoms with Gasteiger partial charge in [-0.15, -0.1) is 0 Å². The van der Waals surface area contributed by atoms with E-state index in [0.717, 1.165) is 25.6 Å². The standard InChI is InChI=1S/C24H24BrClN4O3S/c1-17-9-11-19(14-22(17)26)30(34(32,33)20-7-5-4-6-8-20)16-24(31)28-27-15-18-10-12-23(29(2)3)21(25)13-18/h4-15H,16H2,1-3H3,(H,28,31)/b27-15+. The van der Waals surface area contributed by atoms with Gasteiger partial charge in [0.1, 0.15) is 6.54 Å². The molecule has 0 heterocycles. The molecule has 0 aliphatic carbocycles. The summed E-state index contributed by atoms with van der Waals surface area (Å²) in [5.74, 6) is -0.601. The minimum Gasteiger partial charge on any atom is -0.377 e. The highest BCUT2D eigenvalue weighted by Gasteiger charge is 2.27. The molecule has 0 aliphatic heterocycles. The highest BCUT2D eigenvalue weighted by atomic mass is 79.9. The summed E-state index contributed by atoms with van der Waals surface area (Å²) in [7, 11) is -0.153. The Morgan fingerprint density at radius 1 is 1.09 bits per heavy atom. The Morgan fingerprint density at radius 2 is 1.79 bits per heavy atom. The average molecular weight is 564 g/mol. The van der Waals surface area contributed by atoms with E-state index in [1.807, 2.05) is 44.1 Å². The zero-order valence-electron chi connectivity index (χ0n) is 18.9. The van der Waals surface area contributed by atoms with Crippen LogP contribution in [0.4, 0.5) is 11.4 Å². The van der Waals surface area contributed by atoms with Gasteiger partial charge in [-0.3, -0.25) is 9.10 Å². The zero-order chi connectivity index (χ0) is 24.9. The quantitative estimate of drug-likeness (QED) is 0.315. The third-order valence-corrected chi connectivity index (χ3v) is 7.75. The number of hydrazone groups is 1. The molecule has 0 aliphatic rings. The number of halogens is 2. The van der Waals surface area contributed by atoms with Crippen LogP contribution in [0.25, 0.3) is 0 Å². The van der Waals surface area contributed by atoms with E-state index < -0.39 is 22.5 Å². The second kappa shape index (κ2) is 11.0. The van der Waals surface area contributed by atoms with Gasteiger partial charge >= 0.3 is 0 Å². The third kappa shape index (κ3) is 6.16. The van der Waals surface area contributed by atoms with E-state index in [-0.39, 0.29) is 10.6 Å². The van der Waals surface area contributed by atoms with Crippen molar-refractivity contribution in [3.05, 3.63) is 87.4 Å². The number of aryl methyl sites for hydroxylation is 1. The Kier molecular flexibility index (Phi) is 8.35. The number of anilines is 2. The molecule has 0 spiro atoms. The van der Waals surface area contributed by atoms with Gasteiger partial charge in [0.05, 0.1) is 22.5 Å². The Balaban J connectivity index is 1.82. The SMILES string of the molecule is Cc1ccc(N(CC(=O)N/N=C/c2ccc(N(C)C)c(Br)c2)S(=O)(=O)c2ccccc2)cc1Cl. The maximum atomic E-state index is 13.3. The van der Waals surface area contributed by atoms with E-state index in [1.54, 1.807) is 30.3 Å². The number of nitrogens with one attached hydrogen (secondary N) is 1. The van der Waals surface area contributed by atoms with Crippen molar-refractivity contribution in [2.45, 2.75) is 11.8 Å². The van der Waals surface area contributed by atoms with Crippen molar-refractivity contribution in [3.63, 3.8) is 0 Å². The molecule has 0 fully saturated rings. The Morgan fingerprint density at radius 3 is 2.41 bits per heavy atom. The topological polar surface area (TPSA) is 82.1 Å². The summed E-state index contributed by atoms with van der Waals surface area (Å²) in [6.45, 7) is 1.34. The first-order chi connectivity index (χ1) is 16.1. The van der Waals surface area contributed by atoms with Crippen LogP contribution in [0.5, 0.6) is 0 Å². The molecule has 0 bridgehead atoms. The van der Waals surface area contributed by atoms with Crippen LogP contribution in [0.2, 0.25) is 5.02 Å². The summed E-state index contributed by atoms with van der Waals surface area (Å²) in [6.07, 6.45) is 1.49. The summed E-state index contributed by atoms with van der Waals surface area (Å²) < 4.78 is 28.6. The molecule has 3 aromatic carbocycles. The molecular weight excluding hydrogens is 540 g/mol. The molecule has 10 heteroatoms. The molecule has 34 heavy (non-hydrogen) atoms. The number of hydrogen-bond acceptors (Lipinski definition) is 5. The summed E-state index contributed by atoms with van der Waals surface area (Å²) in [4.78, 5) is 14.7. The number of carbonyl (C=O) groups is 1. The maximum Gasteiger partial charge on any atom is 0.264 e. The zero-order valence-corrected chi connectivity index (χ0v) is 22.0. The fraction of sp³-hybridized carbons (Fsp3) is 0.167. The van der Waals surface area contributed by atoms with Crippen LogP contribution in [0.15, 0.2) is 81.2 Å². The van der Waals surface area contributed by atoms with Gasteiger partial charge < -0.3 is 4.90 Å². The van der Waals surface area contributed by atoms with E-state index in [1.165, 1.54) is 24.4 Å². The molecule has 1 amide bonds. The molecule has 3 aromatic rings. The maximum absolute atomic E-state index is 13.3. The van der Waals surface area contributed by atoms with Crippen molar-refractivity contribution >= 4 is 61.1 Å².